The molecule has 4 aromatic heterocycles. The van der Waals surface area contributed by atoms with Crippen LogP contribution in [0.1, 0.15) is 11.1 Å². The van der Waals surface area contributed by atoms with Gasteiger partial charge in [0.1, 0.15) is 12.1 Å². The van der Waals surface area contributed by atoms with Gasteiger partial charge in [-0.25, -0.2) is 19.8 Å². The number of benzene rings is 3. The Morgan fingerprint density at radius 1 is 0.458 bits per heavy atom. The lowest BCUT2D eigenvalue weighted by atomic mass is 10.0. The van der Waals surface area contributed by atoms with E-state index in [-0.39, 0.29) is 0 Å². The van der Waals surface area contributed by atoms with Crippen LogP contribution in [0.2, 0.25) is 0 Å². The van der Waals surface area contributed by atoms with Gasteiger partial charge in [-0.2, -0.15) is 10.5 Å². The summed E-state index contributed by atoms with van der Waals surface area (Å²) in [5.74, 6) is 1.24. The summed E-state index contributed by atoms with van der Waals surface area (Å²) in [6.45, 7) is 7.62. The summed E-state index contributed by atoms with van der Waals surface area (Å²) in [6, 6.07) is 37.6. The molecule has 0 aliphatic rings. The minimum absolute atomic E-state index is 0.414. The minimum atomic E-state index is 0.414. The highest BCUT2D eigenvalue weighted by Gasteiger charge is 2.16. The molecule has 0 spiro atoms. The summed E-state index contributed by atoms with van der Waals surface area (Å²) in [6.07, 6.45) is 4.97. The molecule has 0 aliphatic carbocycles. The zero-order valence-electron chi connectivity index (χ0n) is 25.1. The lowest BCUT2D eigenvalue weighted by Crippen LogP contribution is -2.01. The zero-order chi connectivity index (χ0) is 32.9. The Labute approximate surface area is 276 Å². The van der Waals surface area contributed by atoms with Gasteiger partial charge in [0.05, 0.1) is 34.8 Å². The third-order valence-corrected chi connectivity index (χ3v) is 7.58. The molecule has 0 atom stereocenters. The predicted octanol–water partition coefficient (Wildman–Crippen LogP) is 8.35. The molecule has 0 radical (unpaired) electrons. The number of pyridine rings is 3. The molecule has 3 aromatic carbocycles. The van der Waals surface area contributed by atoms with Crippen LogP contribution in [-0.2, 0) is 0 Å². The Morgan fingerprint density at radius 3 is 1.25 bits per heavy atom. The quantitative estimate of drug-likeness (QED) is 0.171. The van der Waals surface area contributed by atoms with Crippen molar-refractivity contribution >= 4 is 5.69 Å². The smallest absolute Gasteiger partial charge is 0.212 e. The van der Waals surface area contributed by atoms with Crippen LogP contribution in [0.3, 0.4) is 0 Å². The summed E-state index contributed by atoms with van der Waals surface area (Å²) >= 11 is 0. The summed E-state index contributed by atoms with van der Waals surface area (Å²) in [7, 11) is 0. The Kier molecular flexibility index (Phi) is 7.88. The summed E-state index contributed by atoms with van der Waals surface area (Å²) in [5.41, 5.74) is 7.42. The van der Waals surface area contributed by atoms with Gasteiger partial charge in [-0.3, -0.25) is 15.0 Å². The van der Waals surface area contributed by atoms with Crippen LogP contribution in [0.5, 0.6) is 0 Å². The number of hydrogen-bond acceptors (Lipinski definition) is 8. The van der Waals surface area contributed by atoms with E-state index in [1.807, 2.05) is 72.8 Å². The maximum absolute atomic E-state index is 9.70. The van der Waals surface area contributed by atoms with E-state index < -0.39 is 0 Å². The summed E-state index contributed by atoms with van der Waals surface area (Å²) in [4.78, 5) is 31.8. The largest absolute Gasteiger partial charge is 0.268 e. The van der Waals surface area contributed by atoms with Crippen molar-refractivity contribution in [2.24, 2.45) is 0 Å². The van der Waals surface area contributed by atoms with E-state index >= 15 is 0 Å². The van der Waals surface area contributed by atoms with Gasteiger partial charge in [0.25, 0.3) is 0 Å². The third kappa shape index (κ3) is 5.73. The molecular formula is C39H21N9. The molecule has 4 heterocycles. The van der Waals surface area contributed by atoms with Crippen LogP contribution < -0.4 is 0 Å². The molecule has 9 nitrogen and oxygen atoms in total. The summed E-state index contributed by atoms with van der Waals surface area (Å²) in [5, 5.41) is 19.4. The molecule has 0 aliphatic heterocycles. The minimum Gasteiger partial charge on any atom is -0.268 e. The highest BCUT2D eigenvalue weighted by molar-refractivity contribution is 5.79. The summed E-state index contributed by atoms with van der Waals surface area (Å²) < 4.78 is 0. The normalized spacial score (nSPS) is 10.4. The number of rotatable bonds is 6. The number of nitrogens with zero attached hydrogens (tertiary/aromatic N) is 9. The molecule has 0 amide bonds. The topological polar surface area (TPSA) is 129 Å². The molecule has 48 heavy (non-hydrogen) atoms. The Balaban J connectivity index is 1.41. The molecule has 7 aromatic rings. The van der Waals surface area contributed by atoms with E-state index in [9.17, 15) is 10.5 Å². The van der Waals surface area contributed by atoms with Crippen molar-refractivity contribution in [3.63, 3.8) is 0 Å². The van der Waals surface area contributed by atoms with E-state index in [1.165, 1.54) is 0 Å². The van der Waals surface area contributed by atoms with Gasteiger partial charge in [0.2, 0.25) is 5.69 Å². The SMILES string of the molecule is [C-]#[N+]c1cccnc1-c1cccc(-c2nc(-c3cccc(-c4ncccc4C#N)c3)nc(-c3cccc(-c4ncccc4C#N)c3)n2)c1. The molecule has 9 heteroatoms. The first-order valence-electron chi connectivity index (χ1n) is 14.8. The van der Waals surface area contributed by atoms with Crippen molar-refractivity contribution < 1.29 is 0 Å². The van der Waals surface area contributed by atoms with Crippen molar-refractivity contribution in [1.29, 1.82) is 10.5 Å². The zero-order valence-corrected chi connectivity index (χ0v) is 25.1. The maximum Gasteiger partial charge on any atom is 0.212 e. The van der Waals surface area contributed by atoms with Crippen molar-refractivity contribution in [2.75, 3.05) is 0 Å². The van der Waals surface area contributed by atoms with Gasteiger partial charge in [-0.15, -0.1) is 0 Å². The Hall–Kier alpha value is -7.41. The molecule has 0 fully saturated rings. The molecule has 7 rings (SSSR count). The fourth-order valence-electron chi connectivity index (χ4n) is 5.34. The van der Waals surface area contributed by atoms with E-state index in [1.54, 1.807) is 55.0 Å². The van der Waals surface area contributed by atoms with E-state index in [4.69, 9.17) is 21.5 Å². The van der Waals surface area contributed by atoms with Crippen molar-refractivity contribution in [1.82, 2.24) is 29.9 Å². The second-order valence-electron chi connectivity index (χ2n) is 10.6. The van der Waals surface area contributed by atoms with Gasteiger partial charge < -0.3 is 0 Å². The average Bonchev–Trinajstić information content (AvgIpc) is 3.17. The molecule has 0 unspecified atom stereocenters. The van der Waals surface area contributed by atoms with Crippen molar-refractivity contribution in [2.45, 2.75) is 0 Å². The Morgan fingerprint density at radius 2 is 0.833 bits per heavy atom. The second kappa shape index (κ2) is 12.9. The highest BCUT2D eigenvalue weighted by atomic mass is 15.0. The highest BCUT2D eigenvalue weighted by Crippen LogP contribution is 2.33. The fraction of sp³-hybridized carbons (Fsp3) is 0. The van der Waals surface area contributed by atoms with Gasteiger partial charge in [-0.05, 0) is 48.0 Å². The molecule has 0 bridgehead atoms. The van der Waals surface area contributed by atoms with E-state index in [0.29, 0.717) is 68.1 Å². The molecule has 0 N–H and O–H groups in total. The molecule has 0 saturated carbocycles. The van der Waals surface area contributed by atoms with Crippen molar-refractivity contribution in [3.8, 4) is 80.1 Å². The molecule has 222 valence electrons. The first kappa shape index (κ1) is 29.3. The van der Waals surface area contributed by atoms with E-state index in [0.717, 1.165) is 16.7 Å². The van der Waals surface area contributed by atoms with Crippen LogP contribution in [0.15, 0.2) is 128 Å². The lowest BCUT2D eigenvalue weighted by Gasteiger charge is -2.11. The Bertz CT molecular complexity index is 2180. The van der Waals surface area contributed by atoms with Crippen molar-refractivity contribution in [3.05, 3.63) is 150 Å². The van der Waals surface area contributed by atoms with Crippen LogP contribution in [0.4, 0.5) is 5.69 Å². The first-order chi connectivity index (χ1) is 23.6. The number of nitriles is 2. The van der Waals surface area contributed by atoms with Crippen LogP contribution in [0.25, 0.3) is 72.8 Å². The number of hydrogen-bond donors (Lipinski definition) is 0. The lowest BCUT2D eigenvalue weighted by molar-refractivity contribution is 1.07. The van der Waals surface area contributed by atoms with Gasteiger partial charge >= 0.3 is 0 Å². The van der Waals surface area contributed by atoms with Crippen LogP contribution in [-0.4, -0.2) is 29.9 Å². The van der Waals surface area contributed by atoms with E-state index in [2.05, 4.69) is 31.9 Å². The number of aromatic nitrogens is 6. The average molecular weight is 616 g/mol. The van der Waals surface area contributed by atoms with Crippen LogP contribution >= 0.6 is 0 Å². The monoisotopic (exact) mass is 615 g/mol. The second-order valence-corrected chi connectivity index (χ2v) is 10.6. The molecule has 0 saturated heterocycles. The fourth-order valence-corrected chi connectivity index (χ4v) is 5.34. The maximum atomic E-state index is 9.70. The molecular weight excluding hydrogens is 594 g/mol. The van der Waals surface area contributed by atoms with Gasteiger partial charge in [-0.1, -0.05) is 66.7 Å². The predicted molar refractivity (Wildman–Crippen MR) is 182 cm³/mol. The first-order valence-corrected chi connectivity index (χ1v) is 14.8. The third-order valence-electron chi connectivity index (χ3n) is 7.58. The van der Waals surface area contributed by atoms with Gasteiger partial charge in [0, 0.05) is 46.4 Å². The standard InChI is InChI=1S/C39H21N9/c1-42-33-16-7-19-45-36(33)27-10-4-13-30(22-27)39-47-37(28-11-2-8-25(20-28)34-31(23-40)14-5-17-43-34)46-38(48-39)29-12-3-9-26(21-29)35-32(24-41)15-6-18-44-35/h2-22H. The van der Waals surface area contributed by atoms with Crippen LogP contribution in [0, 0.1) is 29.2 Å². The van der Waals surface area contributed by atoms with Gasteiger partial charge in [0.15, 0.2) is 17.5 Å².